The second-order valence-electron chi connectivity index (χ2n) is 19.2. The number of ether oxygens (including phenoxy) is 1. The lowest BCUT2D eigenvalue weighted by Crippen LogP contribution is -2.34. The fraction of sp³-hybridized carbons (Fsp3) is 0.314. The van der Waals surface area contributed by atoms with Crippen LogP contribution < -0.4 is 14.5 Å². The fourth-order valence-corrected chi connectivity index (χ4v) is 7.78. The number of nitrogens with zero attached hydrogens (tertiary/aromatic N) is 4. The zero-order valence-corrected chi connectivity index (χ0v) is 35.0. The first-order chi connectivity index (χ1) is 26.4. The molecule has 3 heterocycles. The molecule has 0 aliphatic carbocycles. The van der Waals surface area contributed by atoms with Gasteiger partial charge in [0.05, 0.1) is 22.4 Å². The van der Waals surface area contributed by atoms with E-state index in [0.717, 1.165) is 34.0 Å². The van der Waals surface area contributed by atoms with Crippen LogP contribution in [0.1, 0.15) is 92.9 Å². The van der Waals surface area contributed by atoms with Crippen LogP contribution in [-0.2, 0) is 16.2 Å². The summed E-state index contributed by atoms with van der Waals surface area (Å²) in [7, 11) is 0. The molecule has 0 saturated carbocycles. The van der Waals surface area contributed by atoms with E-state index < -0.39 is 0 Å². The van der Waals surface area contributed by atoms with Gasteiger partial charge in [-0.15, -0.1) is 0 Å². The summed E-state index contributed by atoms with van der Waals surface area (Å²) >= 11 is 0. The number of hydrogen-bond donors (Lipinski definition) is 0. The van der Waals surface area contributed by atoms with Crippen LogP contribution in [0, 0.1) is 5.41 Å². The van der Waals surface area contributed by atoms with Gasteiger partial charge in [0, 0.05) is 40.5 Å². The van der Waals surface area contributed by atoms with Crippen LogP contribution in [-0.4, -0.2) is 16.2 Å². The highest BCUT2D eigenvalue weighted by atomic mass is 16.5. The van der Waals surface area contributed by atoms with Gasteiger partial charge in [0.1, 0.15) is 24.0 Å². The number of para-hydroxylation sites is 1. The molecule has 1 aliphatic heterocycles. The maximum absolute atomic E-state index is 6.74. The van der Waals surface area contributed by atoms with E-state index in [9.17, 15) is 0 Å². The van der Waals surface area contributed by atoms with Gasteiger partial charge in [0.15, 0.2) is 0 Å². The second-order valence-corrected chi connectivity index (χ2v) is 19.2. The van der Waals surface area contributed by atoms with Crippen LogP contribution >= 0.6 is 0 Å². The van der Waals surface area contributed by atoms with E-state index in [0.29, 0.717) is 6.67 Å². The van der Waals surface area contributed by atoms with Crippen molar-refractivity contribution < 1.29 is 4.74 Å². The molecule has 0 unspecified atom stereocenters. The van der Waals surface area contributed by atoms with E-state index in [1.54, 1.807) is 0 Å². The standard InChI is InChI=1S/C51H56N4O/c1-48(2,3)34-16-14-17-37(28-34)54-33-53(44-25-22-35(29-46(44)54)49(4,5)6)38-18-15-19-39(31-38)56-40-23-24-42-41-20-12-13-21-43(41)55(45(42)32-40)47-30-36(26-27-52-47)51(10,11)50(7,8)9/h12-32H,33H2,1-11H3. The first-order valence-corrected chi connectivity index (χ1v) is 20.0. The number of fused-ring (bicyclic) bond motifs is 4. The monoisotopic (exact) mass is 740 g/mol. The van der Waals surface area contributed by atoms with Gasteiger partial charge in [-0.3, -0.25) is 4.57 Å². The van der Waals surface area contributed by atoms with Gasteiger partial charge in [-0.25, -0.2) is 4.98 Å². The van der Waals surface area contributed by atoms with Gasteiger partial charge in [0.25, 0.3) is 0 Å². The number of pyridine rings is 1. The normalized spacial score (nSPS) is 13.8. The smallest absolute Gasteiger partial charge is 0.137 e. The lowest BCUT2D eigenvalue weighted by atomic mass is 9.65. The van der Waals surface area contributed by atoms with Gasteiger partial charge < -0.3 is 14.5 Å². The van der Waals surface area contributed by atoms with Crippen LogP contribution in [0.3, 0.4) is 0 Å². The zero-order chi connectivity index (χ0) is 39.8. The zero-order valence-electron chi connectivity index (χ0n) is 35.0. The van der Waals surface area contributed by atoms with Crippen molar-refractivity contribution in [3.63, 3.8) is 0 Å². The molecule has 0 amide bonds. The molecular weight excluding hydrogens is 685 g/mol. The molecule has 2 aromatic heterocycles. The van der Waals surface area contributed by atoms with Crippen LogP contribution in [0.5, 0.6) is 11.5 Å². The molecule has 286 valence electrons. The lowest BCUT2D eigenvalue weighted by molar-refractivity contribution is 0.225. The SMILES string of the molecule is CC(C)(C)c1cccc(N2CN(c3cccc(Oc4ccc5c6ccccc6n(-c6cc(C(C)(C)C(C)(C)C)ccn6)c5c4)c3)c3ccc(C(C)(C)C)cc32)c1. The molecule has 8 rings (SSSR count). The van der Waals surface area contributed by atoms with Gasteiger partial charge >= 0.3 is 0 Å². The summed E-state index contributed by atoms with van der Waals surface area (Å²) in [6.45, 7) is 25.9. The van der Waals surface area contributed by atoms with E-state index in [1.807, 2.05) is 12.3 Å². The van der Waals surface area contributed by atoms with Crippen molar-refractivity contribution in [2.75, 3.05) is 16.5 Å². The highest BCUT2D eigenvalue weighted by Gasteiger charge is 2.35. The summed E-state index contributed by atoms with van der Waals surface area (Å²) < 4.78 is 9.02. The third kappa shape index (κ3) is 6.61. The molecule has 5 aromatic carbocycles. The molecule has 0 saturated heterocycles. The van der Waals surface area contributed by atoms with Gasteiger partial charge in [-0.2, -0.15) is 0 Å². The van der Waals surface area contributed by atoms with Crippen molar-refractivity contribution in [3.05, 3.63) is 144 Å². The Balaban J connectivity index is 1.17. The second kappa shape index (κ2) is 13.3. The maximum Gasteiger partial charge on any atom is 0.137 e. The summed E-state index contributed by atoms with van der Waals surface area (Å²) in [4.78, 5) is 9.79. The summed E-state index contributed by atoms with van der Waals surface area (Å²) in [5.41, 5.74) is 10.9. The number of aromatic nitrogens is 2. The molecule has 56 heavy (non-hydrogen) atoms. The Morgan fingerprint density at radius 2 is 1.14 bits per heavy atom. The largest absolute Gasteiger partial charge is 0.457 e. The van der Waals surface area contributed by atoms with Crippen LogP contribution in [0.15, 0.2) is 128 Å². The summed E-state index contributed by atoms with van der Waals surface area (Å²) in [5, 5.41) is 2.36. The van der Waals surface area contributed by atoms with E-state index in [4.69, 9.17) is 9.72 Å². The third-order valence-corrected chi connectivity index (χ3v) is 12.3. The Kier molecular flexibility index (Phi) is 8.87. The molecule has 0 bridgehead atoms. The first-order valence-electron chi connectivity index (χ1n) is 20.0. The Bertz CT molecular complexity index is 2590. The highest BCUT2D eigenvalue weighted by molar-refractivity contribution is 6.09. The minimum atomic E-state index is -0.0546. The quantitative estimate of drug-likeness (QED) is 0.170. The van der Waals surface area contributed by atoms with Crippen molar-refractivity contribution in [2.45, 2.75) is 92.4 Å². The molecule has 0 fully saturated rings. The minimum absolute atomic E-state index is 0.0316. The van der Waals surface area contributed by atoms with Crippen molar-refractivity contribution in [3.8, 4) is 17.3 Å². The molecule has 1 aliphatic rings. The Labute approximate surface area is 333 Å². The number of hydrogen-bond acceptors (Lipinski definition) is 4. The highest BCUT2D eigenvalue weighted by Crippen LogP contribution is 2.47. The van der Waals surface area contributed by atoms with Crippen molar-refractivity contribution in [1.82, 2.24) is 9.55 Å². The van der Waals surface area contributed by atoms with Crippen molar-refractivity contribution in [1.29, 1.82) is 0 Å². The molecule has 0 N–H and O–H groups in total. The van der Waals surface area contributed by atoms with Crippen LogP contribution in [0.25, 0.3) is 27.6 Å². The van der Waals surface area contributed by atoms with Crippen LogP contribution in [0.4, 0.5) is 22.7 Å². The van der Waals surface area contributed by atoms with E-state index >= 15 is 0 Å². The first kappa shape index (κ1) is 37.4. The van der Waals surface area contributed by atoms with E-state index in [-0.39, 0.29) is 21.7 Å². The minimum Gasteiger partial charge on any atom is -0.457 e. The molecule has 7 aromatic rings. The fourth-order valence-electron chi connectivity index (χ4n) is 7.78. The lowest BCUT2D eigenvalue weighted by Gasteiger charge is -2.39. The summed E-state index contributed by atoms with van der Waals surface area (Å²) in [6.07, 6.45) is 1.95. The average molecular weight is 741 g/mol. The molecule has 5 heteroatoms. The number of benzene rings is 5. The number of anilines is 4. The van der Waals surface area contributed by atoms with Gasteiger partial charge in [-0.05, 0) is 105 Å². The Morgan fingerprint density at radius 3 is 1.88 bits per heavy atom. The summed E-state index contributed by atoms with van der Waals surface area (Å²) in [6, 6.07) is 43.9. The predicted octanol–water partition coefficient (Wildman–Crippen LogP) is 14.1. The van der Waals surface area contributed by atoms with Gasteiger partial charge in [0.2, 0.25) is 0 Å². The molecule has 0 spiro atoms. The number of rotatable bonds is 6. The predicted molar refractivity (Wildman–Crippen MR) is 237 cm³/mol. The van der Waals surface area contributed by atoms with Crippen molar-refractivity contribution in [2.24, 2.45) is 5.41 Å². The molecule has 5 nitrogen and oxygen atoms in total. The summed E-state index contributed by atoms with van der Waals surface area (Å²) in [5.74, 6) is 2.48. The Hall–Kier alpha value is -5.55. The maximum atomic E-state index is 6.74. The third-order valence-electron chi connectivity index (χ3n) is 12.3. The van der Waals surface area contributed by atoms with Gasteiger partial charge in [-0.1, -0.05) is 119 Å². The molecule has 0 radical (unpaired) electrons. The van der Waals surface area contributed by atoms with E-state index in [1.165, 1.54) is 44.5 Å². The van der Waals surface area contributed by atoms with Crippen LogP contribution in [0.2, 0.25) is 0 Å². The molecular formula is C51H56N4O. The molecule has 0 atom stereocenters. The van der Waals surface area contributed by atoms with Crippen molar-refractivity contribution >= 4 is 44.6 Å². The average Bonchev–Trinajstić information content (AvgIpc) is 3.70. The Morgan fingerprint density at radius 1 is 0.500 bits per heavy atom. The van der Waals surface area contributed by atoms with E-state index in [2.05, 4.69) is 206 Å². The topological polar surface area (TPSA) is 33.5 Å².